The summed E-state index contributed by atoms with van der Waals surface area (Å²) in [6.07, 6.45) is 4.83. The molecule has 0 aliphatic carbocycles. The number of amidine groups is 2. The molecule has 6 N–H and O–H groups in total. The van der Waals surface area contributed by atoms with Gasteiger partial charge in [-0.15, -0.1) is 0 Å². The second kappa shape index (κ2) is 6.60. The van der Waals surface area contributed by atoms with Crippen LogP contribution in [-0.2, 0) is 0 Å². The summed E-state index contributed by atoms with van der Waals surface area (Å²) in [7, 11) is 0. The Balaban J connectivity index is 1.97. The van der Waals surface area contributed by atoms with E-state index >= 15 is 0 Å². The number of nitrogens with two attached hydrogens (primary N) is 1. The first-order valence-electron chi connectivity index (χ1n) is 7.27. The van der Waals surface area contributed by atoms with E-state index in [1.807, 2.05) is 18.2 Å². The smallest absolute Gasteiger partial charge is 0.178 e. The fourth-order valence-corrected chi connectivity index (χ4v) is 2.18. The molecule has 3 rings (SSSR count). The Morgan fingerprint density at radius 1 is 1.33 bits per heavy atom. The molecule has 0 fully saturated rings. The summed E-state index contributed by atoms with van der Waals surface area (Å²) in [4.78, 5) is 8.66. The highest BCUT2D eigenvalue weighted by Crippen LogP contribution is 2.21. The van der Waals surface area contributed by atoms with Gasteiger partial charge in [-0.05, 0) is 18.2 Å². The van der Waals surface area contributed by atoms with Crippen molar-refractivity contribution in [2.75, 3.05) is 13.2 Å². The highest BCUT2D eigenvalue weighted by molar-refractivity contribution is 6.48. The maximum atomic E-state index is 9.16. The van der Waals surface area contributed by atoms with Gasteiger partial charge in [-0.3, -0.25) is 5.41 Å². The number of aliphatic hydroxyl groups excluding tert-OH is 2. The molecule has 1 aliphatic heterocycles. The van der Waals surface area contributed by atoms with Gasteiger partial charge >= 0.3 is 0 Å². The highest BCUT2D eigenvalue weighted by Gasteiger charge is 2.19. The van der Waals surface area contributed by atoms with Gasteiger partial charge in [-0.25, -0.2) is 14.5 Å². The van der Waals surface area contributed by atoms with Crippen molar-refractivity contribution >= 4 is 28.6 Å². The van der Waals surface area contributed by atoms with E-state index in [0.717, 1.165) is 5.52 Å². The van der Waals surface area contributed by atoms with E-state index in [-0.39, 0.29) is 36.3 Å². The number of hydrogen-bond donors (Lipinski definition) is 5. The van der Waals surface area contributed by atoms with Crippen LogP contribution in [0.5, 0.6) is 0 Å². The number of nitrogens with zero attached hydrogens (tertiary/aromatic N) is 4. The van der Waals surface area contributed by atoms with Crippen molar-refractivity contribution in [2.24, 2.45) is 15.7 Å². The topological polar surface area (TPSA) is 144 Å². The molecule has 1 aliphatic rings. The zero-order chi connectivity index (χ0) is 17.1. The van der Waals surface area contributed by atoms with Crippen molar-refractivity contribution in [1.29, 1.82) is 5.41 Å². The first-order valence-corrected chi connectivity index (χ1v) is 7.27. The fraction of sp³-hybridized carbons (Fsp3) is 0.200. The van der Waals surface area contributed by atoms with Crippen LogP contribution < -0.4 is 11.1 Å². The maximum absolute atomic E-state index is 9.16. The minimum atomic E-state index is -0.616. The normalized spacial score (nSPS) is 16.6. The third-order valence-corrected chi connectivity index (χ3v) is 3.44. The van der Waals surface area contributed by atoms with Crippen LogP contribution in [-0.4, -0.2) is 56.5 Å². The summed E-state index contributed by atoms with van der Waals surface area (Å²) in [6, 6.07) is 4.99. The second-order valence-corrected chi connectivity index (χ2v) is 5.18. The van der Waals surface area contributed by atoms with E-state index in [1.54, 1.807) is 16.9 Å². The van der Waals surface area contributed by atoms with Crippen LogP contribution in [0, 0.1) is 5.41 Å². The lowest BCUT2D eigenvalue weighted by Gasteiger charge is -2.19. The standard InChI is InChI=1S/C15H17N7O2/c16-10-5-11(17)15(21-14(10)19-9(7-23)8-24)20-12-6-18-22-4-2-1-3-13(12)22/h1-6,9,16,23-24H,7-8,17H2,(H,19,20,21). The number of aliphatic hydroxyl groups is 2. The average molecular weight is 327 g/mol. The molecule has 9 nitrogen and oxygen atoms in total. The molecule has 3 heterocycles. The highest BCUT2D eigenvalue weighted by atomic mass is 16.3. The second-order valence-electron chi connectivity index (χ2n) is 5.18. The van der Waals surface area contributed by atoms with Crippen molar-refractivity contribution in [3.63, 3.8) is 0 Å². The van der Waals surface area contributed by atoms with Gasteiger partial charge in [0.25, 0.3) is 0 Å². The number of rotatable bonds is 4. The predicted octanol–water partition coefficient (Wildman–Crippen LogP) is -0.418. The Hall–Kier alpha value is -3.04. The molecule has 0 bridgehead atoms. The number of fused-ring (bicyclic) bond motifs is 1. The predicted molar refractivity (Wildman–Crippen MR) is 90.8 cm³/mol. The summed E-state index contributed by atoms with van der Waals surface area (Å²) >= 11 is 0. The SMILES string of the molecule is N=C1C=C(N)/C(=N/c2cnn3ccccc23)N=C1NC(CO)CO. The summed E-state index contributed by atoms with van der Waals surface area (Å²) in [5.74, 6) is 0.425. The molecule has 0 saturated heterocycles. The maximum Gasteiger partial charge on any atom is 0.178 e. The molecule has 0 saturated carbocycles. The number of nitrogens with one attached hydrogen (secondary N) is 2. The van der Waals surface area contributed by atoms with Crippen LogP contribution >= 0.6 is 0 Å². The molecule has 24 heavy (non-hydrogen) atoms. The minimum absolute atomic E-state index is 0.0539. The average Bonchev–Trinajstić information content (AvgIpc) is 2.99. The number of pyridine rings is 1. The van der Waals surface area contributed by atoms with Crippen molar-refractivity contribution in [2.45, 2.75) is 6.04 Å². The Morgan fingerprint density at radius 3 is 2.88 bits per heavy atom. The fourth-order valence-electron chi connectivity index (χ4n) is 2.18. The summed E-state index contributed by atoms with van der Waals surface area (Å²) in [6.45, 7) is -0.578. The summed E-state index contributed by atoms with van der Waals surface area (Å²) in [5.41, 5.74) is 7.62. The van der Waals surface area contributed by atoms with E-state index in [4.69, 9.17) is 21.4 Å². The summed E-state index contributed by atoms with van der Waals surface area (Å²) < 4.78 is 1.68. The van der Waals surface area contributed by atoms with Crippen molar-refractivity contribution < 1.29 is 10.2 Å². The van der Waals surface area contributed by atoms with E-state index in [1.165, 1.54) is 6.08 Å². The zero-order valence-corrected chi connectivity index (χ0v) is 12.7. The van der Waals surface area contributed by atoms with Crippen molar-refractivity contribution in [1.82, 2.24) is 14.9 Å². The molecule has 2 aromatic rings. The molecular weight excluding hydrogens is 310 g/mol. The lowest BCUT2D eigenvalue weighted by Crippen LogP contribution is -2.45. The third-order valence-electron chi connectivity index (χ3n) is 3.44. The lowest BCUT2D eigenvalue weighted by atomic mass is 10.2. The van der Waals surface area contributed by atoms with Gasteiger partial charge in [0, 0.05) is 6.20 Å². The van der Waals surface area contributed by atoms with E-state index < -0.39 is 6.04 Å². The van der Waals surface area contributed by atoms with E-state index in [2.05, 4.69) is 20.4 Å². The van der Waals surface area contributed by atoms with Crippen molar-refractivity contribution in [3.8, 4) is 0 Å². The van der Waals surface area contributed by atoms with Gasteiger partial charge < -0.3 is 21.3 Å². The number of aliphatic imine (C=N–C) groups is 2. The monoisotopic (exact) mass is 327 g/mol. The van der Waals surface area contributed by atoms with Crippen molar-refractivity contribution in [3.05, 3.63) is 42.4 Å². The number of dihydropyridines is 1. The molecule has 0 aromatic carbocycles. The van der Waals surface area contributed by atoms with Gasteiger partial charge in [0.15, 0.2) is 11.7 Å². The molecule has 0 unspecified atom stereocenters. The van der Waals surface area contributed by atoms with Crippen LogP contribution in [0.15, 0.2) is 52.4 Å². The van der Waals surface area contributed by atoms with E-state index in [0.29, 0.717) is 5.69 Å². The number of aromatic nitrogens is 2. The molecule has 0 spiro atoms. The van der Waals surface area contributed by atoms with Gasteiger partial charge in [-0.1, -0.05) is 6.07 Å². The Kier molecular flexibility index (Phi) is 4.36. The van der Waals surface area contributed by atoms with Crippen LogP contribution in [0.1, 0.15) is 0 Å². The van der Waals surface area contributed by atoms with Crippen LogP contribution in [0.25, 0.3) is 5.52 Å². The summed E-state index contributed by atoms with van der Waals surface area (Å²) in [5, 5.41) is 33.2. The van der Waals surface area contributed by atoms with Gasteiger partial charge in [-0.2, -0.15) is 5.10 Å². The first-order chi connectivity index (χ1) is 11.6. The lowest BCUT2D eigenvalue weighted by molar-refractivity contribution is 0.184. The Bertz CT molecular complexity index is 862. The number of hydrogen-bond acceptors (Lipinski definition) is 7. The molecule has 0 amide bonds. The molecule has 0 radical (unpaired) electrons. The molecule has 9 heteroatoms. The molecule has 2 aromatic heterocycles. The quantitative estimate of drug-likeness (QED) is 0.518. The van der Waals surface area contributed by atoms with Gasteiger partial charge in [0.1, 0.15) is 5.69 Å². The molecular formula is C15H17N7O2. The Morgan fingerprint density at radius 2 is 2.12 bits per heavy atom. The van der Waals surface area contributed by atoms with Crippen LogP contribution in [0.3, 0.4) is 0 Å². The van der Waals surface area contributed by atoms with Gasteiger partial charge in [0.2, 0.25) is 0 Å². The minimum Gasteiger partial charge on any atom is -0.396 e. The molecule has 0 atom stereocenters. The van der Waals surface area contributed by atoms with Crippen LogP contribution in [0.4, 0.5) is 5.69 Å². The first kappa shape index (κ1) is 15.8. The zero-order valence-electron chi connectivity index (χ0n) is 12.7. The largest absolute Gasteiger partial charge is 0.396 e. The molecule has 124 valence electrons. The van der Waals surface area contributed by atoms with Gasteiger partial charge in [0.05, 0.1) is 42.4 Å². The third kappa shape index (κ3) is 3.03. The van der Waals surface area contributed by atoms with Crippen LogP contribution in [0.2, 0.25) is 0 Å². The van der Waals surface area contributed by atoms with E-state index in [9.17, 15) is 0 Å². The Labute approximate surface area is 137 Å².